The second-order valence-electron chi connectivity index (χ2n) is 7.69. The molecule has 0 bridgehead atoms. The van der Waals surface area contributed by atoms with Crippen molar-refractivity contribution < 1.29 is 13.9 Å². The number of aryl methyl sites for hydroxylation is 1. The number of rotatable bonds is 5. The molecule has 31 heavy (non-hydrogen) atoms. The molecule has 5 rings (SSSR count). The minimum Gasteiger partial charge on any atom is -0.489 e. The van der Waals surface area contributed by atoms with Crippen LogP contribution in [0.1, 0.15) is 30.3 Å². The molecule has 2 aromatic heterocycles. The van der Waals surface area contributed by atoms with Crippen LogP contribution < -0.4 is 10.3 Å². The predicted molar refractivity (Wildman–Crippen MR) is 115 cm³/mol. The van der Waals surface area contributed by atoms with Gasteiger partial charge in [0.1, 0.15) is 30.1 Å². The molecule has 7 heteroatoms. The van der Waals surface area contributed by atoms with Gasteiger partial charge in [-0.05, 0) is 54.8 Å². The Kier molecular flexibility index (Phi) is 5.03. The van der Waals surface area contributed by atoms with Gasteiger partial charge in [0, 0.05) is 25.9 Å². The van der Waals surface area contributed by atoms with E-state index in [-0.39, 0.29) is 24.1 Å². The summed E-state index contributed by atoms with van der Waals surface area (Å²) in [5, 5.41) is 0. The quantitative estimate of drug-likeness (QED) is 0.484. The highest BCUT2D eigenvalue weighted by Gasteiger charge is 2.23. The molecule has 3 heterocycles. The van der Waals surface area contributed by atoms with Gasteiger partial charge in [-0.1, -0.05) is 12.1 Å². The van der Waals surface area contributed by atoms with Crippen molar-refractivity contribution in [3.8, 4) is 11.4 Å². The molecule has 0 saturated carbocycles. The Morgan fingerprint density at radius 1 is 1.16 bits per heavy atom. The minimum absolute atomic E-state index is 0.0288. The molecule has 1 atom stereocenters. The fourth-order valence-corrected chi connectivity index (χ4v) is 3.93. The van der Waals surface area contributed by atoms with Crippen molar-refractivity contribution in [1.82, 2.24) is 14.1 Å². The van der Waals surface area contributed by atoms with E-state index in [4.69, 9.17) is 14.5 Å². The zero-order valence-electron chi connectivity index (χ0n) is 17.1. The Bertz CT molecular complexity index is 1290. The second-order valence-corrected chi connectivity index (χ2v) is 7.69. The maximum absolute atomic E-state index is 13.0. The maximum Gasteiger partial charge on any atom is 0.258 e. The lowest BCUT2D eigenvalue weighted by Gasteiger charge is -2.10. The van der Waals surface area contributed by atoms with Gasteiger partial charge in [0.05, 0.1) is 16.7 Å². The van der Waals surface area contributed by atoms with E-state index in [2.05, 4.69) is 0 Å². The van der Waals surface area contributed by atoms with Crippen LogP contribution in [0.15, 0.2) is 65.6 Å². The summed E-state index contributed by atoms with van der Waals surface area (Å²) in [4.78, 5) is 17.5. The molecule has 0 aliphatic carbocycles. The Labute approximate surface area is 178 Å². The Morgan fingerprint density at radius 2 is 2.00 bits per heavy atom. The number of aromatic nitrogens is 3. The number of pyridine rings is 1. The standard InChI is InChI=1S/C24H22FN3O3/c1-27-21-13-18(8-9-20(21)26-24(27)22-3-2-12-30-22)28-11-10-19(14-23(28)29)31-15-16-4-6-17(25)7-5-16/h4-11,13-14,22H,2-3,12,15H2,1H3. The van der Waals surface area contributed by atoms with Crippen LogP contribution in [0.3, 0.4) is 0 Å². The zero-order chi connectivity index (χ0) is 21.4. The van der Waals surface area contributed by atoms with Gasteiger partial charge in [-0.25, -0.2) is 9.37 Å². The van der Waals surface area contributed by atoms with Gasteiger partial charge in [0.2, 0.25) is 0 Å². The fraction of sp³-hybridized carbons (Fsp3) is 0.250. The van der Waals surface area contributed by atoms with E-state index in [1.54, 1.807) is 29.0 Å². The SMILES string of the molecule is Cn1c(C2CCCO2)nc2ccc(-n3ccc(OCc4ccc(F)cc4)cc3=O)cc21. The summed E-state index contributed by atoms with van der Waals surface area (Å²) < 4.78 is 28.1. The Hall–Kier alpha value is -3.45. The van der Waals surface area contributed by atoms with Crippen LogP contribution in [0.4, 0.5) is 4.39 Å². The molecule has 0 radical (unpaired) electrons. The predicted octanol–water partition coefficient (Wildman–Crippen LogP) is 4.29. The molecule has 1 saturated heterocycles. The number of hydrogen-bond acceptors (Lipinski definition) is 4. The van der Waals surface area contributed by atoms with Crippen molar-refractivity contribution in [1.29, 1.82) is 0 Å². The van der Waals surface area contributed by atoms with Gasteiger partial charge in [-0.15, -0.1) is 0 Å². The van der Waals surface area contributed by atoms with Crippen LogP contribution in [0.25, 0.3) is 16.7 Å². The number of ether oxygens (including phenoxy) is 2. The number of benzene rings is 2. The van der Waals surface area contributed by atoms with Gasteiger partial charge < -0.3 is 14.0 Å². The number of nitrogens with zero attached hydrogens (tertiary/aromatic N) is 3. The fourth-order valence-electron chi connectivity index (χ4n) is 3.93. The van der Waals surface area contributed by atoms with Crippen LogP contribution in [-0.2, 0) is 18.4 Å². The molecule has 1 fully saturated rings. The number of fused-ring (bicyclic) bond motifs is 1. The van der Waals surface area contributed by atoms with Crippen LogP contribution in [0.2, 0.25) is 0 Å². The van der Waals surface area contributed by atoms with Crippen molar-refractivity contribution in [2.24, 2.45) is 7.05 Å². The van der Waals surface area contributed by atoms with E-state index < -0.39 is 0 Å². The number of imidazole rings is 1. The lowest BCUT2D eigenvalue weighted by atomic mass is 10.2. The highest BCUT2D eigenvalue weighted by molar-refractivity contribution is 5.78. The smallest absolute Gasteiger partial charge is 0.258 e. The van der Waals surface area contributed by atoms with E-state index in [1.807, 2.05) is 29.8 Å². The number of halogens is 1. The van der Waals surface area contributed by atoms with E-state index in [0.717, 1.165) is 47.6 Å². The highest BCUT2D eigenvalue weighted by Crippen LogP contribution is 2.30. The molecule has 0 spiro atoms. The van der Waals surface area contributed by atoms with E-state index in [9.17, 15) is 9.18 Å². The molecule has 0 N–H and O–H groups in total. The maximum atomic E-state index is 13.0. The number of hydrogen-bond donors (Lipinski definition) is 0. The monoisotopic (exact) mass is 419 g/mol. The molecule has 1 aliphatic heterocycles. The summed E-state index contributed by atoms with van der Waals surface area (Å²) in [5.74, 6) is 1.09. The first-order valence-corrected chi connectivity index (χ1v) is 10.3. The summed E-state index contributed by atoms with van der Waals surface area (Å²) in [6.07, 6.45) is 3.74. The lowest BCUT2D eigenvalue weighted by molar-refractivity contribution is 0.103. The van der Waals surface area contributed by atoms with E-state index in [0.29, 0.717) is 5.75 Å². The van der Waals surface area contributed by atoms with Gasteiger partial charge in [0.25, 0.3) is 5.56 Å². The molecule has 0 amide bonds. The third-order valence-corrected chi connectivity index (χ3v) is 5.60. The van der Waals surface area contributed by atoms with E-state index in [1.165, 1.54) is 18.2 Å². The average molecular weight is 419 g/mol. The highest BCUT2D eigenvalue weighted by atomic mass is 19.1. The average Bonchev–Trinajstić information content (AvgIpc) is 3.41. The third-order valence-electron chi connectivity index (χ3n) is 5.60. The zero-order valence-corrected chi connectivity index (χ0v) is 17.1. The first-order valence-electron chi connectivity index (χ1n) is 10.3. The molecular weight excluding hydrogens is 397 g/mol. The summed E-state index contributed by atoms with van der Waals surface area (Å²) in [6, 6.07) is 15.1. The lowest BCUT2D eigenvalue weighted by Crippen LogP contribution is -2.16. The second kappa shape index (κ2) is 8.00. The van der Waals surface area contributed by atoms with Gasteiger partial charge in [0.15, 0.2) is 0 Å². The molecule has 2 aromatic carbocycles. The largest absolute Gasteiger partial charge is 0.489 e. The van der Waals surface area contributed by atoms with Gasteiger partial charge >= 0.3 is 0 Å². The van der Waals surface area contributed by atoms with Crippen molar-refractivity contribution in [3.63, 3.8) is 0 Å². The topological polar surface area (TPSA) is 58.3 Å². The summed E-state index contributed by atoms with van der Waals surface area (Å²) in [6.45, 7) is 1.03. The summed E-state index contributed by atoms with van der Waals surface area (Å²) in [5.41, 5.74) is 3.21. The molecule has 6 nitrogen and oxygen atoms in total. The Morgan fingerprint density at radius 3 is 2.74 bits per heavy atom. The first kappa shape index (κ1) is 19.5. The summed E-state index contributed by atoms with van der Waals surface area (Å²) in [7, 11) is 1.98. The van der Waals surface area contributed by atoms with Gasteiger partial charge in [-0.3, -0.25) is 9.36 Å². The van der Waals surface area contributed by atoms with Crippen molar-refractivity contribution >= 4 is 11.0 Å². The van der Waals surface area contributed by atoms with E-state index >= 15 is 0 Å². The normalized spacial score (nSPS) is 16.1. The molecular formula is C24H22FN3O3. The van der Waals surface area contributed by atoms with Gasteiger partial charge in [-0.2, -0.15) is 0 Å². The third kappa shape index (κ3) is 3.84. The van der Waals surface area contributed by atoms with Crippen molar-refractivity contribution in [2.75, 3.05) is 6.61 Å². The summed E-state index contributed by atoms with van der Waals surface area (Å²) >= 11 is 0. The van der Waals surface area contributed by atoms with Crippen LogP contribution >= 0.6 is 0 Å². The minimum atomic E-state index is -0.292. The molecule has 158 valence electrons. The molecule has 1 aliphatic rings. The Balaban J connectivity index is 1.39. The van der Waals surface area contributed by atoms with Crippen LogP contribution in [0, 0.1) is 5.82 Å². The van der Waals surface area contributed by atoms with Crippen molar-refractivity contribution in [3.05, 3.63) is 88.4 Å². The molecule has 4 aromatic rings. The van der Waals surface area contributed by atoms with Crippen LogP contribution in [0.5, 0.6) is 5.75 Å². The van der Waals surface area contributed by atoms with Crippen molar-refractivity contribution in [2.45, 2.75) is 25.6 Å². The first-order chi connectivity index (χ1) is 15.1. The van der Waals surface area contributed by atoms with Crippen LogP contribution in [-0.4, -0.2) is 20.7 Å². The molecule has 1 unspecified atom stereocenters.